The summed E-state index contributed by atoms with van der Waals surface area (Å²) in [5.74, 6) is 0.559. The molecule has 2 aromatic carbocycles. The quantitative estimate of drug-likeness (QED) is 0.704. The lowest BCUT2D eigenvalue weighted by Gasteiger charge is -2.17. The summed E-state index contributed by atoms with van der Waals surface area (Å²) >= 11 is 0. The predicted octanol–water partition coefficient (Wildman–Crippen LogP) is 2.27. The molecule has 0 radical (unpaired) electrons. The minimum absolute atomic E-state index is 0.0670. The van der Waals surface area contributed by atoms with E-state index in [-0.39, 0.29) is 10.9 Å². The molecule has 3 N–H and O–H groups in total. The van der Waals surface area contributed by atoms with Crippen LogP contribution in [0.4, 0.5) is 10.6 Å². The number of carbonyl (C=O) groups excluding carboxylic acids is 1. The smallest absolute Gasteiger partial charge is 0.322 e. The Morgan fingerprint density at radius 3 is 2.48 bits per heavy atom. The maximum absolute atomic E-state index is 12.3. The topological polar surface area (TPSA) is 105 Å². The van der Waals surface area contributed by atoms with Crippen molar-refractivity contribution < 1.29 is 13.2 Å². The van der Waals surface area contributed by atoms with Gasteiger partial charge in [-0.1, -0.05) is 30.3 Å². The first-order valence-corrected chi connectivity index (χ1v) is 9.88. The summed E-state index contributed by atoms with van der Waals surface area (Å²) in [6.07, 6.45) is 0.565. The van der Waals surface area contributed by atoms with Crippen LogP contribution in [0.3, 0.4) is 0 Å². The van der Waals surface area contributed by atoms with Crippen LogP contribution in [-0.4, -0.2) is 33.0 Å². The van der Waals surface area contributed by atoms with Gasteiger partial charge in [0.05, 0.1) is 10.4 Å². The van der Waals surface area contributed by atoms with E-state index in [2.05, 4.69) is 10.3 Å². The first-order chi connectivity index (χ1) is 12.8. The molecule has 3 aromatic rings. The Bertz CT molecular complexity index is 1070. The molecule has 2 amide bonds. The first-order valence-electron chi connectivity index (χ1n) is 8.34. The normalized spacial score (nSPS) is 11.3. The van der Waals surface area contributed by atoms with Gasteiger partial charge in [0.1, 0.15) is 5.82 Å². The second-order valence-corrected chi connectivity index (χ2v) is 7.65. The molecule has 0 aliphatic carbocycles. The predicted molar refractivity (Wildman–Crippen MR) is 105 cm³/mol. The summed E-state index contributed by atoms with van der Waals surface area (Å²) in [6.45, 7) is 0.408. The molecule has 7 nitrogen and oxygen atoms in total. The molecule has 1 aromatic heterocycles. The Morgan fingerprint density at radius 2 is 1.78 bits per heavy atom. The number of anilines is 1. The average molecular weight is 384 g/mol. The maximum atomic E-state index is 12.3. The van der Waals surface area contributed by atoms with Crippen LogP contribution in [0.2, 0.25) is 0 Å². The Hall–Kier alpha value is -2.97. The van der Waals surface area contributed by atoms with Crippen LogP contribution >= 0.6 is 0 Å². The number of urea groups is 1. The molecular weight excluding hydrogens is 364 g/mol. The van der Waals surface area contributed by atoms with E-state index >= 15 is 0 Å². The largest absolute Gasteiger partial charge is 0.337 e. The van der Waals surface area contributed by atoms with E-state index in [1.54, 1.807) is 25.2 Å². The Kier molecular flexibility index (Phi) is 5.38. The van der Waals surface area contributed by atoms with Crippen molar-refractivity contribution in [3.63, 3.8) is 0 Å². The van der Waals surface area contributed by atoms with Gasteiger partial charge in [0, 0.05) is 19.0 Å². The molecule has 1 heterocycles. The monoisotopic (exact) mass is 384 g/mol. The molecule has 27 heavy (non-hydrogen) atoms. The third kappa shape index (κ3) is 4.60. The zero-order valence-electron chi connectivity index (χ0n) is 14.8. The number of hydrogen-bond donors (Lipinski definition) is 2. The number of aromatic nitrogens is 1. The lowest BCUT2D eigenvalue weighted by atomic mass is 10.1. The van der Waals surface area contributed by atoms with Crippen LogP contribution < -0.4 is 15.4 Å². The van der Waals surface area contributed by atoms with Gasteiger partial charge >= 0.3 is 6.03 Å². The summed E-state index contributed by atoms with van der Waals surface area (Å²) in [4.78, 5) is 18.3. The van der Waals surface area contributed by atoms with E-state index in [1.165, 1.54) is 17.0 Å². The van der Waals surface area contributed by atoms with Gasteiger partial charge in [-0.15, -0.1) is 0 Å². The van der Waals surface area contributed by atoms with Crippen molar-refractivity contribution in [1.29, 1.82) is 0 Å². The number of nitrogens with one attached hydrogen (secondary N) is 1. The van der Waals surface area contributed by atoms with Gasteiger partial charge in [-0.3, -0.25) is 4.90 Å². The molecule has 0 aliphatic heterocycles. The Balaban J connectivity index is 1.58. The molecule has 0 saturated carbocycles. The number of benzene rings is 2. The number of fused-ring (bicyclic) bond motifs is 1. The number of nitrogens with two attached hydrogens (primary N) is 1. The second kappa shape index (κ2) is 7.73. The van der Waals surface area contributed by atoms with E-state index in [4.69, 9.17) is 5.14 Å². The summed E-state index contributed by atoms with van der Waals surface area (Å²) in [6, 6.07) is 17.4. The van der Waals surface area contributed by atoms with Crippen molar-refractivity contribution in [1.82, 2.24) is 10.3 Å². The molecule has 0 spiro atoms. The fourth-order valence-electron chi connectivity index (χ4n) is 2.62. The van der Waals surface area contributed by atoms with Gasteiger partial charge < -0.3 is 5.32 Å². The Morgan fingerprint density at radius 1 is 1.07 bits per heavy atom. The zero-order chi connectivity index (χ0) is 19.4. The fraction of sp³-hybridized carbons (Fsp3) is 0.158. The number of para-hydroxylation sites is 1. The zero-order valence-corrected chi connectivity index (χ0v) is 15.6. The lowest BCUT2D eigenvalue weighted by Crippen LogP contribution is -2.38. The minimum atomic E-state index is -3.69. The van der Waals surface area contributed by atoms with E-state index < -0.39 is 10.0 Å². The second-order valence-electron chi connectivity index (χ2n) is 6.09. The first kappa shape index (κ1) is 18.8. The standard InChI is InChI=1S/C19H20N4O3S/c1-23(18-11-8-15-4-2-3-5-17(15)22-18)19(24)21-13-12-14-6-9-16(10-7-14)27(20,25)26/h2-11H,12-13H2,1H3,(H,21,24)(H2,20,25,26). The van der Waals surface area contributed by atoms with E-state index in [1.807, 2.05) is 30.3 Å². The number of rotatable bonds is 5. The van der Waals surface area contributed by atoms with Gasteiger partial charge in [0.25, 0.3) is 0 Å². The third-order valence-corrected chi connectivity index (χ3v) is 5.10. The molecule has 0 bridgehead atoms. The van der Waals surface area contributed by atoms with E-state index in [0.29, 0.717) is 18.8 Å². The van der Waals surface area contributed by atoms with Crippen LogP contribution in [0.1, 0.15) is 5.56 Å². The molecule has 3 rings (SSSR count). The highest BCUT2D eigenvalue weighted by atomic mass is 32.2. The summed E-state index contributed by atoms with van der Waals surface area (Å²) in [5, 5.41) is 8.91. The van der Waals surface area contributed by atoms with Crippen LogP contribution in [-0.2, 0) is 16.4 Å². The Labute approximate surface area is 157 Å². The van der Waals surface area contributed by atoms with Crippen LogP contribution in [0.25, 0.3) is 10.9 Å². The van der Waals surface area contributed by atoms with Gasteiger partial charge in [0.15, 0.2) is 0 Å². The van der Waals surface area contributed by atoms with Crippen LogP contribution in [0.15, 0.2) is 65.6 Å². The highest BCUT2D eigenvalue weighted by molar-refractivity contribution is 7.89. The van der Waals surface area contributed by atoms with Crippen molar-refractivity contribution in [3.05, 3.63) is 66.2 Å². The van der Waals surface area contributed by atoms with Gasteiger partial charge in [-0.05, 0) is 42.3 Å². The minimum Gasteiger partial charge on any atom is -0.337 e. The number of sulfonamides is 1. The number of pyridine rings is 1. The number of hydrogen-bond acceptors (Lipinski definition) is 4. The van der Waals surface area contributed by atoms with Crippen LogP contribution in [0.5, 0.6) is 0 Å². The van der Waals surface area contributed by atoms with Crippen molar-refractivity contribution in [3.8, 4) is 0 Å². The van der Waals surface area contributed by atoms with Crippen LogP contribution in [0, 0.1) is 0 Å². The van der Waals surface area contributed by atoms with Gasteiger partial charge in [-0.2, -0.15) is 0 Å². The summed E-state index contributed by atoms with van der Waals surface area (Å²) in [7, 11) is -2.03. The number of primary sulfonamides is 1. The fourth-order valence-corrected chi connectivity index (χ4v) is 3.14. The maximum Gasteiger partial charge on any atom is 0.322 e. The molecule has 0 aliphatic rings. The lowest BCUT2D eigenvalue weighted by molar-refractivity contribution is 0.247. The molecule has 140 valence electrons. The van der Waals surface area contributed by atoms with Gasteiger partial charge in [-0.25, -0.2) is 23.3 Å². The number of nitrogens with zero attached hydrogens (tertiary/aromatic N) is 2. The van der Waals surface area contributed by atoms with E-state index in [9.17, 15) is 13.2 Å². The third-order valence-electron chi connectivity index (χ3n) is 4.17. The van der Waals surface area contributed by atoms with Crippen molar-refractivity contribution >= 4 is 32.8 Å². The van der Waals surface area contributed by atoms with Crippen molar-refractivity contribution in [2.75, 3.05) is 18.5 Å². The molecule has 0 atom stereocenters. The van der Waals surface area contributed by atoms with Crippen molar-refractivity contribution in [2.24, 2.45) is 5.14 Å². The van der Waals surface area contributed by atoms with E-state index in [0.717, 1.165) is 16.5 Å². The van der Waals surface area contributed by atoms with Gasteiger partial charge in [0.2, 0.25) is 10.0 Å². The molecule has 0 unspecified atom stereocenters. The highest BCUT2D eigenvalue weighted by Gasteiger charge is 2.12. The molecule has 8 heteroatoms. The molecular formula is C19H20N4O3S. The number of amides is 2. The SMILES string of the molecule is CN(C(=O)NCCc1ccc(S(N)(=O)=O)cc1)c1ccc2ccccc2n1. The highest BCUT2D eigenvalue weighted by Crippen LogP contribution is 2.17. The number of carbonyl (C=O) groups is 1. The summed E-state index contributed by atoms with van der Waals surface area (Å²) < 4.78 is 22.5. The molecule has 0 fully saturated rings. The molecule has 0 saturated heterocycles. The summed E-state index contributed by atoms with van der Waals surface area (Å²) in [5.41, 5.74) is 1.72. The van der Waals surface area contributed by atoms with Crippen molar-refractivity contribution in [2.45, 2.75) is 11.3 Å². The average Bonchev–Trinajstić information content (AvgIpc) is 2.66.